The van der Waals surface area contributed by atoms with Crippen LogP contribution in [0.4, 0.5) is 11.4 Å². The summed E-state index contributed by atoms with van der Waals surface area (Å²) in [5, 5.41) is 2.57. The molecule has 0 bridgehead atoms. The summed E-state index contributed by atoms with van der Waals surface area (Å²) in [7, 11) is 0. The van der Waals surface area contributed by atoms with Gasteiger partial charge in [-0.05, 0) is 29.5 Å². The molecule has 0 aliphatic rings. The Morgan fingerprint density at radius 1 is 1.33 bits per heavy atom. The first-order chi connectivity index (χ1) is 7.06. The fourth-order valence-electron chi connectivity index (χ4n) is 1.44. The molecule has 3 N–H and O–H groups in total. The standard InChI is InChI=1S/C12H18N2O/c1-8(2)9(3)10-4-5-12(14-7-15)11(13)6-10/h4-9H,13H2,1-3H3,(H,14,15). The zero-order valence-electron chi connectivity index (χ0n) is 9.45. The zero-order valence-corrected chi connectivity index (χ0v) is 9.45. The zero-order chi connectivity index (χ0) is 11.4. The summed E-state index contributed by atoms with van der Waals surface area (Å²) in [6.45, 7) is 6.53. The normalized spacial score (nSPS) is 12.5. The van der Waals surface area contributed by atoms with E-state index < -0.39 is 0 Å². The molecule has 1 amide bonds. The molecular formula is C12H18N2O. The van der Waals surface area contributed by atoms with Gasteiger partial charge in [0.05, 0.1) is 11.4 Å². The van der Waals surface area contributed by atoms with Gasteiger partial charge in [0.25, 0.3) is 0 Å². The van der Waals surface area contributed by atoms with Gasteiger partial charge in [-0.3, -0.25) is 4.79 Å². The number of nitrogens with one attached hydrogen (secondary N) is 1. The average molecular weight is 206 g/mol. The highest BCUT2D eigenvalue weighted by Crippen LogP contribution is 2.28. The number of nitrogen functional groups attached to an aromatic ring is 1. The molecule has 1 aromatic rings. The molecule has 1 unspecified atom stereocenters. The first kappa shape index (κ1) is 11.6. The fourth-order valence-corrected chi connectivity index (χ4v) is 1.44. The summed E-state index contributed by atoms with van der Waals surface area (Å²) in [6.07, 6.45) is 0.636. The molecule has 3 heteroatoms. The van der Waals surface area contributed by atoms with Gasteiger partial charge >= 0.3 is 0 Å². The van der Waals surface area contributed by atoms with Crippen molar-refractivity contribution >= 4 is 17.8 Å². The second-order valence-corrected chi connectivity index (χ2v) is 4.14. The number of rotatable bonds is 4. The van der Waals surface area contributed by atoms with Gasteiger partial charge in [0.15, 0.2) is 0 Å². The lowest BCUT2D eigenvalue weighted by Crippen LogP contribution is -2.04. The molecule has 82 valence electrons. The van der Waals surface area contributed by atoms with E-state index in [1.807, 2.05) is 18.2 Å². The number of carbonyl (C=O) groups is 1. The van der Waals surface area contributed by atoms with Gasteiger partial charge in [0.2, 0.25) is 6.41 Å². The number of hydrogen-bond donors (Lipinski definition) is 2. The molecule has 0 saturated heterocycles. The summed E-state index contributed by atoms with van der Waals surface area (Å²) in [5.41, 5.74) is 8.32. The van der Waals surface area contributed by atoms with Gasteiger partial charge in [-0.25, -0.2) is 0 Å². The van der Waals surface area contributed by atoms with Gasteiger partial charge in [-0.15, -0.1) is 0 Å². The number of nitrogens with two attached hydrogens (primary N) is 1. The maximum absolute atomic E-state index is 10.3. The third-order valence-electron chi connectivity index (χ3n) is 2.82. The van der Waals surface area contributed by atoms with Gasteiger partial charge in [0.1, 0.15) is 0 Å². The van der Waals surface area contributed by atoms with Gasteiger partial charge in [-0.1, -0.05) is 26.8 Å². The molecule has 0 aliphatic heterocycles. The Hall–Kier alpha value is -1.51. The van der Waals surface area contributed by atoms with Crippen molar-refractivity contribution in [1.82, 2.24) is 0 Å². The predicted octanol–water partition coefficient (Wildman–Crippen LogP) is 2.60. The summed E-state index contributed by atoms with van der Waals surface area (Å²) in [4.78, 5) is 10.3. The second kappa shape index (κ2) is 4.82. The topological polar surface area (TPSA) is 55.1 Å². The number of hydrogen-bond acceptors (Lipinski definition) is 2. The van der Waals surface area contributed by atoms with Crippen molar-refractivity contribution in [2.24, 2.45) is 5.92 Å². The van der Waals surface area contributed by atoms with E-state index >= 15 is 0 Å². The molecular weight excluding hydrogens is 188 g/mol. The minimum absolute atomic E-state index is 0.470. The Kier molecular flexibility index (Phi) is 3.72. The van der Waals surface area contributed by atoms with E-state index in [2.05, 4.69) is 26.1 Å². The number of anilines is 2. The minimum atomic E-state index is 0.470. The van der Waals surface area contributed by atoms with Crippen molar-refractivity contribution in [2.75, 3.05) is 11.1 Å². The molecule has 0 fully saturated rings. The van der Waals surface area contributed by atoms with Crippen molar-refractivity contribution in [3.05, 3.63) is 23.8 Å². The quantitative estimate of drug-likeness (QED) is 0.587. The molecule has 0 spiro atoms. The van der Waals surface area contributed by atoms with Crippen LogP contribution in [0.2, 0.25) is 0 Å². The third-order valence-corrected chi connectivity index (χ3v) is 2.82. The molecule has 1 rings (SSSR count). The molecule has 0 aromatic heterocycles. The van der Waals surface area contributed by atoms with Crippen molar-refractivity contribution in [2.45, 2.75) is 26.7 Å². The molecule has 0 aliphatic carbocycles. The fraction of sp³-hybridized carbons (Fsp3) is 0.417. The predicted molar refractivity (Wildman–Crippen MR) is 63.8 cm³/mol. The Balaban J connectivity index is 2.95. The van der Waals surface area contributed by atoms with E-state index in [9.17, 15) is 4.79 Å². The van der Waals surface area contributed by atoms with E-state index in [-0.39, 0.29) is 0 Å². The average Bonchev–Trinajstić information content (AvgIpc) is 2.20. The van der Waals surface area contributed by atoms with Gasteiger partial charge in [-0.2, -0.15) is 0 Å². The summed E-state index contributed by atoms with van der Waals surface area (Å²) in [6, 6.07) is 5.78. The van der Waals surface area contributed by atoms with Crippen LogP contribution >= 0.6 is 0 Å². The Morgan fingerprint density at radius 2 is 2.00 bits per heavy atom. The molecule has 0 saturated carbocycles. The Morgan fingerprint density at radius 3 is 2.47 bits per heavy atom. The molecule has 0 heterocycles. The molecule has 3 nitrogen and oxygen atoms in total. The van der Waals surface area contributed by atoms with Gasteiger partial charge in [0, 0.05) is 0 Å². The van der Waals surface area contributed by atoms with Crippen LogP contribution in [0, 0.1) is 5.92 Å². The number of amides is 1. The minimum Gasteiger partial charge on any atom is -0.397 e. The van der Waals surface area contributed by atoms with Crippen LogP contribution in [0.3, 0.4) is 0 Å². The lowest BCUT2D eigenvalue weighted by Gasteiger charge is -2.17. The smallest absolute Gasteiger partial charge is 0.211 e. The van der Waals surface area contributed by atoms with Crippen LogP contribution < -0.4 is 11.1 Å². The van der Waals surface area contributed by atoms with Crippen LogP contribution in [-0.4, -0.2) is 6.41 Å². The van der Waals surface area contributed by atoms with Crippen LogP contribution in [0.5, 0.6) is 0 Å². The van der Waals surface area contributed by atoms with Crippen molar-refractivity contribution in [1.29, 1.82) is 0 Å². The first-order valence-electron chi connectivity index (χ1n) is 5.16. The highest BCUT2D eigenvalue weighted by molar-refractivity contribution is 5.79. The summed E-state index contributed by atoms with van der Waals surface area (Å²) in [5.74, 6) is 1.05. The molecule has 1 aromatic carbocycles. The van der Waals surface area contributed by atoms with Gasteiger partial charge < -0.3 is 11.1 Å². The van der Waals surface area contributed by atoms with E-state index in [1.54, 1.807) is 0 Å². The monoisotopic (exact) mass is 206 g/mol. The van der Waals surface area contributed by atoms with Crippen LogP contribution in [0.25, 0.3) is 0 Å². The van der Waals surface area contributed by atoms with Crippen molar-refractivity contribution in [3.63, 3.8) is 0 Å². The maximum atomic E-state index is 10.3. The number of carbonyl (C=O) groups excluding carboxylic acids is 1. The first-order valence-corrected chi connectivity index (χ1v) is 5.16. The SMILES string of the molecule is CC(C)C(C)c1ccc(NC=O)c(N)c1. The second-order valence-electron chi connectivity index (χ2n) is 4.14. The van der Waals surface area contributed by atoms with E-state index in [0.717, 1.165) is 0 Å². The van der Waals surface area contributed by atoms with E-state index in [0.29, 0.717) is 29.6 Å². The third kappa shape index (κ3) is 2.72. The van der Waals surface area contributed by atoms with Crippen molar-refractivity contribution < 1.29 is 4.79 Å². The molecule has 15 heavy (non-hydrogen) atoms. The summed E-state index contributed by atoms with van der Waals surface area (Å²) >= 11 is 0. The van der Waals surface area contributed by atoms with Crippen LogP contribution in [0.15, 0.2) is 18.2 Å². The van der Waals surface area contributed by atoms with Crippen molar-refractivity contribution in [3.8, 4) is 0 Å². The highest BCUT2D eigenvalue weighted by Gasteiger charge is 2.11. The van der Waals surface area contributed by atoms with E-state index in [1.165, 1.54) is 5.56 Å². The lowest BCUT2D eigenvalue weighted by atomic mass is 9.90. The largest absolute Gasteiger partial charge is 0.397 e. The highest BCUT2D eigenvalue weighted by atomic mass is 16.1. The van der Waals surface area contributed by atoms with Crippen LogP contribution in [-0.2, 0) is 4.79 Å². The number of benzene rings is 1. The molecule has 0 radical (unpaired) electrons. The Labute approximate surface area is 90.7 Å². The Bertz CT molecular complexity index is 347. The summed E-state index contributed by atoms with van der Waals surface area (Å²) < 4.78 is 0. The van der Waals surface area contributed by atoms with E-state index in [4.69, 9.17) is 5.73 Å². The molecule has 1 atom stereocenters. The maximum Gasteiger partial charge on any atom is 0.211 e. The van der Waals surface area contributed by atoms with Crippen LogP contribution in [0.1, 0.15) is 32.3 Å². The lowest BCUT2D eigenvalue weighted by molar-refractivity contribution is -0.105.